The van der Waals surface area contributed by atoms with E-state index in [4.69, 9.17) is 0 Å². The Hall–Kier alpha value is -2.11. The molecule has 0 unspecified atom stereocenters. The van der Waals surface area contributed by atoms with Gasteiger partial charge in [-0.15, -0.1) is 0 Å². The first kappa shape index (κ1) is 10.4. The summed E-state index contributed by atoms with van der Waals surface area (Å²) in [6.07, 6.45) is 5.66. The molecule has 2 rings (SSSR count). The predicted molar refractivity (Wildman–Crippen MR) is 60.7 cm³/mol. The first-order valence-corrected chi connectivity index (χ1v) is 5.04. The number of hydrogen-bond acceptors (Lipinski definition) is 4. The average molecular weight is 219 g/mol. The Balaban J connectivity index is 2.34. The van der Waals surface area contributed by atoms with Crippen LogP contribution in [0.2, 0.25) is 0 Å². The molecule has 2 heterocycles. The lowest BCUT2D eigenvalue weighted by Gasteiger charge is -2.02. The van der Waals surface area contributed by atoms with Gasteiger partial charge in [0.05, 0.1) is 11.4 Å². The average Bonchev–Trinajstić information content (AvgIpc) is 2.62. The van der Waals surface area contributed by atoms with Crippen molar-refractivity contribution in [2.24, 2.45) is 7.05 Å². The zero-order chi connectivity index (χ0) is 11.5. The number of H-pyrrole nitrogens is 1. The molecule has 0 aliphatic heterocycles. The normalized spacial score (nSPS) is 10.4. The number of aromatic nitrogens is 4. The second-order valence-electron chi connectivity index (χ2n) is 3.41. The maximum atomic E-state index is 11.4. The van der Waals surface area contributed by atoms with E-state index in [1.165, 1.54) is 12.4 Å². The molecule has 2 aromatic rings. The van der Waals surface area contributed by atoms with E-state index in [1.807, 2.05) is 20.2 Å². The zero-order valence-corrected chi connectivity index (χ0v) is 9.19. The minimum atomic E-state index is -0.242. The maximum Gasteiger partial charge on any atom is 0.291 e. The van der Waals surface area contributed by atoms with E-state index in [-0.39, 0.29) is 11.4 Å². The Labute approximate surface area is 92.3 Å². The first-order chi connectivity index (χ1) is 7.70. The van der Waals surface area contributed by atoms with Crippen LogP contribution < -0.4 is 10.9 Å². The fourth-order valence-electron chi connectivity index (χ4n) is 1.47. The van der Waals surface area contributed by atoms with E-state index in [0.29, 0.717) is 0 Å². The fraction of sp³-hybridized carbons (Fsp3) is 0.300. The zero-order valence-electron chi connectivity index (χ0n) is 9.19. The number of hydrogen-bond donors (Lipinski definition) is 2. The highest BCUT2D eigenvalue weighted by molar-refractivity contribution is 5.56. The Morgan fingerprint density at radius 2 is 2.38 bits per heavy atom. The summed E-state index contributed by atoms with van der Waals surface area (Å²) in [5, 5.41) is 7.24. The highest BCUT2D eigenvalue weighted by Crippen LogP contribution is 2.16. The quantitative estimate of drug-likeness (QED) is 0.801. The molecule has 0 amide bonds. The summed E-state index contributed by atoms with van der Waals surface area (Å²) in [6.45, 7) is 2.01. The summed E-state index contributed by atoms with van der Waals surface area (Å²) in [5.74, 6) is 0.283. The first-order valence-electron chi connectivity index (χ1n) is 5.04. The Kier molecular flexibility index (Phi) is 2.72. The highest BCUT2D eigenvalue weighted by atomic mass is 16.1. The van der Waals surface area contributed by atoms with Gasteiger partial charge in [-0.2, -0.15) is 5.10 Å². The van der Waals surface area contributed by atoms with Crippen molar-refractivity contribution in [1.29, 1.82) is 0 Å². The maximum absolute atomic E-state index is 11.4. The summed E-state index contributed by atoms with van der Waals surface area (Å²) < 4.78 is 1.71. The molecule has 0 saturated carbocycles. The van der Waals surface area contributed by atoms with Gasteiger partial charge >= 0.3 is 0 Å². The molecule has 0 saturated heterocycles. The molecule has 6 nitrogen and oxygen atoms in total. The molecule has 16 heavy (non-hydrogen) atoms. The van der Waals surface area contributed by atoms with Crippen molar-refractivity contribution in [1.82, 2.24) is 19.7 Å². The van der Waals surface area contributed by atoms with Crippen LogP contribution in [0.25, 0.3) is 0 Å². The van der Waals surface area contributed by atoms with Crippen LogP contribution in [0.3, 0.4) is 0 Å². The van der Waals surface area contributed by atoms with Gasteiger partial charge in [0.2, 0.25) is 0 Å². The standard InChI is InChI=1S/C10H13N5O/c1-3-7-8(6-15(2)14-7)13-9-10(16)12-5-4-11-9/h4-6H,3H2,1-2H3,(H,11,13)(H,12,16). The van der Waals surface area contributed by atoms with Gasteiger partial charge in [0.25, 0.3) is 5.56 Å². The third-order valence-electron chi connectivity index (χ3n) is 2.20. The van der Waals surface area contributed by atoms with E-state index in [9.17, 15) is 4.79 Å². The van der Waals surface area contributed by atoms with Gasteiger partial charge in [-0.1, -0.05) is 6.92 Å². The molecule has 0 bridgehead atoms. The van der Waals surface area contributed by atoms with Gasteiger partial charge in [-0.25, -0.2) is 4.98 Å². The summed E-state index contributed by atoms with van der Waals surface area (Å²) in [4.78, 5) is 17.9. The molecule has 2 N–H and O–H groups in total. The monoisotopic (exact) mass is 219 g/mol. The topological polar surface area (TPSA) is 75.6 Å². The molecule has 0 atom stereocenters. The van der Waals surface area contributed by atoms with Crippen molar-refractivity contribution >= 4 is 11.5 Å². The summed E-state index contributed by atoms with van der Waals surface area (Å²) >= 11 is 0. The van der Waals surface area contributed by atoms with Crippen LogP contribution in [0.4, 0.5) is 11.5 Å². The minimum Gasteiger partial charge on any atom is -0.333 e. The lowest BCUT2D eigenvalue weighted by atomic mass is 10.3. The van der Waals surface area contributed by atoms with E-state index in [0.717, 1.165) is 17.8 Å². The molecule has 0 spiro atoms. The SMILES string of the molecule is CCc1nn(C)cc1Nc1ncc[nH]c1=O. The Bertz CT molecular complexity index is 542. The van der Waals surface area contributed by atoms with E-state index in [2.05, 4.69) is 20.4 Å². The smallest absolute Gasteiger partial charge is 0.291 e. The highest BCUT2D eigenvalue weighted by Gasteiger charge is 2.08. The van der Waals surface area contributed by atoms with Gasteiger partial charge < -0.3 is 10.3 Å². The van der Waals surface area contributed by atoms with E-state index in [1.54, 1.807) is 4.68 Å². The van der Waals surface area contributed by atoms with Gasteiger partial charge in [0.1, 0.15) is 0 Å². The van der Waals surface area contributed by atoms with Gasteiger partial charge in [0, 0.05) is 25.6 Å². The lowest BCUT2D eigenvalue weighted by molar-refractivity contribution is 0.746. The predicted octanol–water partition coefficient (Wildman–Crippen LogP) is 0.809. The van der Waals surface area contributed by atoms with E-state index < -0.39 is 0 Å². The molecule has 2 aromatic heterocycles. The molecule has 0 fully saturated rings. The third-order valence-corrected chi connectivity index (χ3v) is 2.20. The number of anilines is 2. The van der Waals surface area contributed by atoms with Crippen molar-refractivity contribution in [3.8, 4) is 0 Å². The van der Waals surface area contributed by atoms with Crippen molar-refractivity contribution in [2.45, 2.75) is 13.3 Å². The number of nitrogens with one attached hydrogen (secondary N) is 2. The van der Waals surface area contributed by atoms with Crippen LogP contribution in [0.15, 0.2) is 23.4 Å². The molecule has 0 aliphatic rings. The van der Waals surface area contributed by atoms with Crippen molar-refractivity contribution < 1.29 is 0 Å². The van der Waals surface area contributed by atoms with Gasteiger partial charge in [-0.3, -0.25) is 9.48 Å². The van der Waals surface area contributed by atoms with E-state index >= 15 is 0 Å². The largest absolute Gasteiger partial charge is 0.333 e. The molecule has 0 aromatic carbocycles. The van der Waals surface area contributed by atoms with Crippen molar-refractivity contribution in [3.63, 3.8) is 0 Å². The number of nitrogens with zero attached hydrogens (tertiary/aromatic N) is 3. The molecular formula is C10H13N5O. The van der Waals surface area contributed by atoms with Crippen LogP contribution in [-0.4, -0.2) is 19.7 Å². The summed E-state index contributed by atoms with van der Waals surface area (Å²) in [6, 6.07) is 0. The molecular weight excluding hydrogens is 206 g/mol. The molecule has 84 valence electrons. The van der Waals surface area contributed by atoms with Crippen LogP contribution >= 0.6 is 0 Å². The number of rotatable bonds is 3. The number of aromatic amines is 1. The van der Waals surface area contributed by atoms with Crippen molar-refractivity contribution in [3.05, 3.63) is 34.6 Å². The lowest BCUT2D eigenvalue weighted by Crippen LogP contribution is -2.12. The summed E-state index contributed by atoms with van der Waals surface area (Å²) in [7, 11) is 1.84. The van der Waals surface area contributed by atoms with Gasteiger partial charge in [0.15, 0.2) is 5.82 Å². The summed E-state index contributed by atoms with van der Waals surface area (Å²) in [5.41, 5.74) is 1.48. The van der Waals surface area contributed by atoms with Crippen molar-refractivity contribution in [2.75, 3.05) is 5.32 Å². The Morgan fingerprint density at radius 3 is 3.06 bits per heavy atom. The molecule has 0 aliphatic carbocycles. The fourth-order valence-corrected chi connectivity index (χ4v) is 1.47. The number of aryl methyl sites for hydroxylation is 2. The Morgan fingerprint density at radius 1 is 1.56 bits per heavy atom. The van der Waals surface area contributed by atoms with Gasteiger partial charge in [-0.05, 0) is 6.42 Å². The third kappa shape index (κ3) is 1.95. The molecule has 6 heteroatoms. The van der Waals surface area contributed by atoms with Crippen LogP contribution in [0.1, 0.15) is 12.6 Å². The molecule has 0 radical (unpaired) electrons. The van der Waals surface area contributed by atoms with Crippen LogP contribution in [-0.2, 0) is 13.5 Å². The minimum absolute atomic E-state index is 0.242. The van der Waals surface area contributed by atoms with Crippen LogP contribution in [0.5, 0.6) is 0 Å². The second kappa shape index (κ2) is 4.18. The second-order valence-corrected chi connectivity index (χ2v) is 3.41. The van der Waals surface area contributed by atoms with Crippen LogP contribution in [0, 0.1) is 0 Å².